The van der Waals surface area contributed by atoms with Crippen LogP contribution in [0.15, 0.2) is 36.5 Å². The van der Waals surface area contributed by atoms with Crippen LogP contribution in [-0.2, 0) is 0 Å². The topological polar surface area (TPSA) is 101 Å². The molecule has 3 rings (SSSR count). The van der Waals surface area contributed by atoms with Gasteiger partial charge < -0.3 is 10.6 Å². The number of hydrogen-bond donors (Lipinski definition) is 2. The van der Waals surface area contributed by atoms with Gasteiger partial charge in [-0.1, -0.05) is 6.07 Å². The van der Waals surface area contributed by atoms with Gasteiger partial charge in [0.15, 0.2) is 0 Å². The Labute approximate surface area is 137 Å². The molecule has 0 atom stereocenters. The van der Waals surface area contributed by atoms with Crippen LogP contribution in [0.1, 0.15) is 33.6 Å². The third-order valence-corrected chi connectivity index (χ3v) is 3.35. The first kappa shape index (κ1) is 15.6. The zero-order valence-electron chi connectivity index (χ0n) is 13.3. The molecule has 8 heteroatoms. The Morgan fingerprint density at radius 3 is 2.79 bits per heavy atom. The third-order valence-electron chi connectivity index (χ3n) is 3.35. The molecule has 2 aromatic heterocycles. The summed E-state index contributed by atoms with van der Waals surface area (Å²) in [4.78, 5) is 32.3. The molecule has 2 N–H and O–H groups in total. The Hall–Kier alpha value is -3.29. The number of amides is 2. The fourth-order valence-electron chi connectivity index (χ4n) is 2.19. The molecule has 8 nitrogen and oxygen atoms in total. The summed E-state index contributed by atoms with van der Waals surface area (Å²) in [7, 11) is 0. The Morgan fingerprint density at radius 2 is 2.04 bits per heavy atom. The van der Waals surface area contributed by atoms with Crippen LogP contribution in [-0.4, -0.2) is 37.9 Å². The standard InChI is InChI=1S/C16H16N6O2/c1-3-17-14(23)11-5-4-6-12(9-11)19-15(24)13-20-16-18-8-7-10(2)22(16)21-13/h4-9H,3H2,1-2H3,(H,17,23)(H,19,24). The first-order valence-electron chi connectivity index (χ1n) is 7.46. The van der Waals surface area contributed by atoms with E-state index in [0.717, 1.165) is 5.69 Å². The largest absolute Gasteiger partial charge is 0.352 e. The molecular weight excluding hydrogens is 308 g/mol. The van der Waals surface area contributed by atoms with Gasteiger partial charge >= 0.3 is 0 Å². The highest BCUT2D eigenvalue weighted by atomic mass is 16.2. The fraction of sp³-hybridized carbons (Fsp3) is 0.188. The number of fused-ring (bicyclic) bond motifs is 1. The van der Waals surface area contributed by atoms with Crippen molar-refractivity contribution in [3.05, 3.63) is 53.6 Å². The monoisotopic (exact) mass is 324 g/mol. The number of nitrogens with one attached hydrogen (secondary N) is 2. The van der Waals surface area contributed by atoms with E-state index in [9.17, 15) is 9.59 Å². The van der Waals surface area contributed by atoms with E-state index in [1.807, 2.05) is 13.8 Å². The molecule has 1 aromatic carbocycles. The predicted molar refractivity (Wildman–Crippen MR) is 87.9 cm³/mol. The molecule has 0 unspecified atom stereocenters. The van der Waals surface area contributed by atoms with Gasteiger partial charge in [0.05, 0.1) is 0 Å². The molecule has 0 aliphatic carbocycles. The number of anilines is 1. The van der Waals surface area contributed by atoms with E-state index in [2.05, 4.69) is 25.7 Å². The van der Waals surface area contributed by atoms with E-state index >= 15 is 0 Å². The number of rotatable bonds is 4. The summed E-state index contributed by atoms with van der Waals surface area (Å²) in [5, 5.41) is 9.55. The lowest BCUT2D eigenvalue weighted by atomic mass is 10.2. The lowest BCUT2D eigenvalue weighted by molar-refractivity contribution is 0.0954. The molecule has 2 heterocycles. The van der Waals surface area contributed by atoms with Crippen LogP contribution in [0, 0.1) is 6.92 Å². The molecule has 2 amide bonds. The molecule has 3 aromatic rings. The minimum atomic E-state index is -0.465. The number of benzene rings is 1. The number of aromatic nitrogens is 4. The highest BCUT2D eigenvalue weighted by molar-refractivity contribution is 6.03. The van der Waals surface area contributed by atoms with Gasteiger partial charge in [-0.25, -0.2) is 9.50 Å². The number of aryl methyl sites for hydroxylation is 1. The summed E-state index contributed by atoms with van der Waals surface area (Å²) in [5.74, 6) is -0.288. The first-order chi connectivity index (χ1) is 11.6. The van der Waals surface area contributed by atoms with E-state index in [1.165, 1.54) is 4.52 Å². The molecule has 0 bridgehead atoms. The van der Waals surface area contributed by atoms with Crippen molar-refractivity contribution in [3.63, 3.8) is 0 Å². The van der Waals surface area contributed by atoms with Gasteiger partial charge in [-0.2, -0.15) is 4.98 Å². The van der Waals surface area contributed by atoms with Crippen LogP contribution in [0.4, 0.5) is 5.69 Å². The van der Waals surface area contributed by atoms with Crippen LogP contribution in [0.5, 0.6) is 0 Å². The third kappa shape index (κ3) is 3.07. The van der Waals surface area contributed by atoms with Gasteiger partial charge in [-0.05, 0) is 38.1 Å². The van der Waals surface area contributed by atoms with Gasteiger partial charge in [0, 0.05) is 29.7 Å². The zero-order valence-corrected chi connectivity index (χ0v) is 13.3. The Balaban J connectivity index is 1.82. The quantitative estimate of drug-likeness (QED) is 0.756. The maximum atomic E-state index is 12.3. The summed E-state index contributed by atoms with van der Waals surface area (Å²) in [5.41, 5.74) is 1.78. The molecule has 122 valence electrons. The second-order valence-electron chi connectivity index (χ2n) is 5.13. The lowest BCUT2D eigenvalue weighted by Crippen LogP contribution is -2.23. The SMILES string of the molecule is CCNC(=O)c1cccc(NC(=O)c2nc3nccc(C)n3n2)c1. The number of carbonyl (C=O) groups is 2. The van der Waals surface area contributed by atoms with Crippen molar-refractivity contribution in [2.45, 2.75) is 13.8 Å². The highest BCUT2D eigenvalue weighted by Crippen LogP contribution is 2.12. The van der Waals surface area contributed by atoms with E-state index in [4.69, 9.17) is 0 Å². The van der Waals surface area contributed by atoms with Crippen molar-refractivity contribution in [2.75, 3.05) is 11.9 Å². The van der Waals surface area contributed by atoms with E-state index in [0.29, 0.717) is 23.6 Å². The molecule has 0 spiro atoms. The highest BCUT2D eigenvalue weighted by Gasteiger charge is 2.15. The van der Waals surface area contributed by atoms with Crippen LogP contribution < -0.4 is 10.6 Å². The normalized spacial score (nSPS) is 10.6. The van der Waals surface area contributed by atoms with Crippen molar-refractivity contribution in [1.29, 1.82) is 0 Å². The van der Waals surface area contributed by atoms with Crippen LogP contribution in [0.2, 0.25) is 0 Å². The van der Waals surface area contributed by atoms with Crippen molar-refractivity contribution >= 4 is 23.3 Å². The number of nitrogens with zero attached hydrogens (tertiary/aromatic N) is 4. The molecule has 0 fully saturated rings. The second kappa shape index (κ2) is 6.45. The maximum Gasteiger partial charge on any atom is 0.295 e. The fourth-order valence-corrected chi connectivity index (χ4v) is 2.19. The maximum absolute atomic E-state index is 12.3. The van der Waals surface area contributed by atoms with Gasteiger partial charge in [0.25, 0.3) is 17.6 Å². The molecular formula is C16H16N6O2. The van der Waals surface area contributed by atoms with Gasteiger partial charge in [0.2, 0.25) is 5.82 Å². The van der Waals surface area contributed by atoms with Crippen LogP contribution in [0.25, 0.3) is 5.78 Å². The van der Waals surface area contributed by atoms with Crippen LogP contribution in [0.3, 0.4) is 0 Å². The van der Waals surface area contributed by atoms with Crippen molar-refractivity contribution in [1.82, 2.24) is 24.9 Å². The molecule has 24 heavy (non-hydrogen) atoms. The van der Waals surface area contributed by atoms with Crippen molar-refractivity contribution in [2.24, 2.45) is 0 Å². The summed E-state index contributed by atoms with van der Waals surface area (Å²) >= 11 is 0. The average Bonchev–Trinajstić information content (AvgIpc) is 3.01. The van der Waals surface area contributed by atoms with Gasteiger partial charge in [-0.15, -0.1) is 5.10 Å². The predicted octanol–water partition coefficient (Wildman–Crippen LogP) is 1.43. The van der Waals surface area contributed by atoms with E-state index in [-0.39, 0.29) is 11.7 Å². The summed E-state index contributed by atoms with van der Waals surface area (Å²) in [6.07, 6.45) is 1.61. The second-order valence-corrected chi connectivity index (χ2v) is 5.13. The summed E-state index contributed by atoms with van der Waals surface area (Å²) in [6, 6.07) is 8.45. The Morgan fingerprint density at radius 1 is 1.21 bits per heavy atom. The minimum absolute atomic E-state index is 0.0141. The summed E-state index contributed by atoms with van der Waals surface area (Å²) in [6.45, 7) is 4.22. The average molecular weight is 324 g/mol. The minimum Gasteiger partial charge on any atom is -0.352 e. The van der Waals surface area contributed by atoms with Crippen molar-refractivity contribution < 1.29 is 9.59 Å². The Bertz CT molecular complexity index is 918. The van der Waals surface area contributed by atoms with Gasteiger partial charge in [0.1, 0.15) is 0 Å². The lowest BCUT2D eigenvalue weighted by Gasteiger charge is -2.06. The van der Waals surface area contributed by atoms with E-state index < -0.39 is 5.91 Å². The van der Waals surface area contributed by atoms with E-state index in [1.54, 1.807) is 36.5 Å². The van der Waals surface area contributed by atoms with Crippen LogP contribution >= 0.6 is 0 Å². The Kier molecular flexibility index (Phi) is 4.19. The zero-order chi connectivity index (χ0) is 17.1. The smallest absolute Gasteiger partial charge is 0.295 e. The van der Waals surface area contributed by atoms with Gasteiger partial charge in [-0.3, -0.25) is 9.59 Å². The molecule has 0 radical (unpaired) electrons. The number of carbonyl (C=O) groups excluding carboxylic acids is 2. The first-order valence-corrected chi connectivity index (χ1v) is 7.46. The molecule has 0 aliphatic rings. The molecule has 0 aliphatic heterocycles. The number of hydrogen-bond acceptors (Lipinski definition) is 5. The molecule has 0 saturated carbocycles. The molecule has 0 saturated heterocycles. The van der Waals surface area contributed by atoms with Crippen molar-refractivity contribution in [3.8, 4) is 0 Å². The summed E-state index contributed by atoms with van der Waals surface area (Å²) < 4.78 is 1.50.